The highest BCUT2D eigenvalue weighted by Gasteiger charge is 2.22. The van der Waals surface area contributed by atoms with Gasteiger partial charge < -0.3 is 4.74 Å². The molecule has 3 aromatic rings. The van der Waals surface area contributed by atoms with E-state index in [1.165, 1.54) is 6.20 Å². The molecule has 31 heavy (non-hydrogen) atoms. The van der Waals surface area contributed by atoms with E-state index < -0.39 is 12.5 Å². The molecule has 1 atom stereocenters. The molecule has 1 aromatic carbocycles. The summed E-state index contributed by atoms with van der Waals surface area (Å²) in [5.41, 5.74) is 4.29. The normalized spacial score (nSPS) is 12.4. The highest BCUT2D eigenvalue weighted by Crippen LogP contribution is 2.23. The van der Waals surface area contributed by atoms with E-state index in [-0.39, 0.29) is 17.5 Å². The number of aromatic nitrogens is 3. The number of carbonyl (C=O) groups excluding carboxylic acids is 1. The Morgan fingerprint density at radius 1 is 1.06 bits per heavy atom. The molecule has 2 aromatic heterocycles. The number of carbonyl (C=O) groups is 1. The van der Waals surface area contributed by atoms with Gasteiger partial charge in [-0.3, -0.25) is 19.7 Å². The summed E-state index contributed by atoms with van der Waals surface area (Å²) in [7, 11) is 0. The van der Waals surface area contributed by atoms with Crippen molar-refractivity contribution in [2.24, 2.45) is 0 Å². The fourth-order valence-electron chi connectivity index (χ4n) is 3.20. The minimum Gasteiger partial charge on any atom is -0.486 e. The lowest BCUT2D eigenvalue weighted by atomic mass is 9.96. The molecule has 0 unspecified atom stereocenters. The number of hydrogen-bond acceptors (Lipinski definition) is 5. The standard InChI is InChI=1S/C24H25F2N3O2/c1-16(22-9-8-21(14-29-22)31-15-24(3,25)26)12-20(30)13-18-4-6-19(7-5-18)23-17(2)27-10-11-28-23/h4-11,14,16H,12-13,15H2,1-3H3/t16-/m0/s1. The van der Waals surface area contributed by atoms with Gasteiger partial charge in [-0.15, -0.1) is 0 Å². The Morgan fingerprint density at radius 3 is 2.39 bits per heavy atom. The monoisotopic (exact) mass is 425 g/mol. The van der Waals surface area contributed by atoms with Gasteiger partial charge in [0.05, 0.1) is 17.6 Å². The summed E-state index contributed by atoms with van der Waals surface area (Å²) in [5.74, 6) is -2.61. The van der Waals surface area contributed by atoms with Crippen molar-refractivity contribution in [1.82, 2.24) is 15.0 Å². The molecule has 0 bridgehead atoms. The molecule has 0 amide bonds. The Morgan fingerprint density at radius 2 is 1.77 bits per heavy atom. The highest BCUT2D eigenvalue weighted by molar-refractivity contribution is 5.81. The summed E-state index contributed by atoms with van der Waals surface area (Å²) < 4.78 is 30.8. The Labute approximate surface area is 180 Å². The molecule has 0 fully saturated rings. The minimum absolute atomic E-state index is 0.0873. The summed E-state index contributed by atoms with van der Waals surface area (Å²) in [6, 6.07) is 11.1. The summed E-state index contributed by atoms with van der Waals surface area (Å²) in [6.07, 6.45) is 5.40. The van der Waals surface area contributed by atoms with Crippen LogP contribution < -0.4 is 4.74 Å². The van der Waals surface area contributed by atoms with Crippen molar-refractivity contribution in [3.05, 3.63) is 71.9 Å². The maximum Gasteiger partial charge on any atom is 0.278 e. The quantitative estimate of drug-likeness (QED) is 0.472. The number of benzene rings is 1. The van der Waals surface area contributed by atoms with Gasteiger partial charge in [0, 0.05) is 49.3 Å². The van der Waals surface area contributed by atoms with Gasteiger partial charge in [-0.05, 0) is 24.6 Å². The first-order valence-electron chi connectivity index (χ1n) is 10.1. The van der Waals surface area contributed by atoms with E-state index in [0.29, 0.717) is 12.8 Å². The van der Waals surface area contributed by atoms with Crippen LogP contribution in [0.3, 0.4) is 0 Å². The second-order valence-corrected chi connectivity index (χ2v) is 7.79. The van der Waals surface area contributed by atoms with Gasteiger partial charge >= 0.3 is 0 Å². The van der Waals surface area contributed by atoms with Crippen molar-refractivity contribution in [3.63, 3.8) is 0 Å². The van der Waals surface area contributed by atoms with Crippen LogP contribution in [0.4, 0.5) is 8.78 Å². The average molecular weight is 425 g/mol. The van der Waals surface area contributed by atoms with Crippen LogP contribution in [0.1, 0.15) is 43.1 Å². The second-order valence-electron chi connectivity index (χ2n) is 7.79. The summed E-state index contributed by atoms with van der Waals surface area (Å²) >= 11 is 0. The molecule has 0 saturated carbocycles. The van der Waals surface area contributed by atoms with Crippen LogP contribution in [-0.2, 0) is 11.2 Å². The molecule has 3 rings (SSSR count). The number of alkyl halides is 2. The van der Waals surface area contributed by atoms with Crippen LogP contribution in [0.15, 0.2) is 55.0 Å². The predicted molar refractivity (Wildman–Crippen MR) is 114 cm³/mol. The molecular weight excluding hydrogens is 400 g/mol. The van der Waals surface area contributed by atoms with Gasteiger partial charge in [-0.25, -0.2) is 8.78 Å². The van der Waals surface area contributed by atoms with E-state index >= 15 is 0 Å². The van der Waals surface area contributed by atoms with Crippen LogP contribution in [0.25, 0.3) is 11.3 Å². The summed E-state index contributed by atoms with van der Waals surface area (Å²) in [4.78, 5) is 25.4. The first-order valence-corrected chi connectivity index (χ1v) is 10.1. The van der Waals surface area contributed by atoms with E-state index in [1.54, 1.807) is 24.5 Å². The molecule has 0 saturated heterocycles. The lowest BCUT2D eigenvalue weighted by molar-refractivity contribution is -0.118. The molecule has 162 valence electrons. The van der Waals surface area contributed by atoms with Gasteiger partial charge in [-0.2, -0.15) is 0 Å². The fourth-order valence-corrected chi connectivity index (χ4v) is 3.20. The molecule has 7 heteroatoms. The van der Waals surface area contributed by atoms with E-state index in [1.807, 2.05) is 38.1 Å². The number of hydrogen-bond donors (Lipinski definition) is 0. The third kappa shape index (κ3) is 6.64. The zero-order valence-corrected chi connectivity index (χ0v) is 17.8. The van der Waals surface area contributed by atoms with E-state index in [9.17, 15) is 13.6 Å². The van der Waals surface area contributed by atoms with Gasteiger partial charge in [0.25, 0.3) is 5.92 Å². The Kier molecular flexibility index (Phi) is 7.05. The largest absolute Gasteiger partial charge is 0.486 e. The van der Waals surface area contributed by atoms with Crippen molar-refractivity contribution in [3.8, 4) is 17.0 Å². The molecule has 2 heterocycles. The maximum atomic E-state index is 12.9. The molecule has 0 aliphatic heterocycles. The van der Waals surface area contributed by atoms with Gasteiger partial charge in [-0.1, -0.05) is 31.2 Å². The first-order chi connectivity index (χ1) is 14.7. The summed E-state index contributed by atoms with van der Waals surface area (Å²) in [5, 5.41) is 0. The second kappa shape index (κ2) is 9.73. The Balaban J connectivity index is 1.55. The van der Waals surface area contributed by atoms with Gasteiger partial charge in [0.15, 0.2) is 6.61 Å². The van der Waals surface area contributed by atoms with Crippen LogP contribution in [0.5, 0.6) is 5.75 Å². The van der Waals surface area contributed by atoms with Crippen molar-refractivity contribution in [2.45, 2.75) is 45.5 Å². The third-order valence-electron chi connectivity index (χ3n) is 4.80. The molecule has 0 aliphatic rings. The Bertz CT molecular complexity index is 1020. The Hall–Kier alpha value is -3.22. The van der Waals surface area contributed by atoms with E-state index in [2.05, 4.69) is 15.0 Å². The SMILES string of the molecule is Cc1nccnc1-c1ccc(CC(=O)C[C@H](C)c2ccc(OCC(C)(F)F)cn2)cc1. The van der Waals surface area contributed by atoms with Crippen LogP contribution in [-0.4, -0.2) is 33.3 Å². The highest BCUT2D eigenvalue weighted by atomic mass is 19.3. The van der Waals surface area contributed by atoms with Crippen molar-refractivity contribution >= 4 is 5.78 Å². The average Bonchev–Trinajstić information content (AvgIpc) is 2.73. The number of halogens is 2. The first kappa shape index (κ1) is 22.5. The number of ether oxygens (including phenoxy) is 1. The third-order valence-corrected chi connectivity index (χ3v) is 4.80. The van der Waals surface area contributed by atoms with Gasteiger partial charge in [0.1, 0.15) is 11.5 Å². The molecule has 0 radical (unpaired) electrons. The number of Topliss-reactive ketones (excluding diaryl/α,β-unsaturated/α-hetero) is 1. The number of aryl methyl sites for hydroxylation is 1. The number of nitrogens with zero attached hydrogens (tertiary/aromatic N) is 3. The van der Waals surface area contributed by atoms with Crippen molar-refractivity contribution in [2.75, 3.05) is 6.61 Å². The van der Waals surface area contributed by atoms with Gasteiger partial charge in [0.2, 0.25) is 0 Å². The zero-order chi connectivity index (χ0) is 22.4. The summed E-state index contributed by atoms with van der Waals surface area (Å²) in [6.45, 7) is 3.93. The smallest absolute Gasteiger partial charge is 0.278 e. The molecule has 5 nitrogen and oxygen atoms in total. The molecule has 0 N–H and O–H groups in total. The van der Waals surface area contributed by atoms with Crippen LogP contribution in [0, 0.1) is 6.92 Å². The van der Waals surface area contributed by atoms with E-state index in [0.717, 1.165) is 35.1 Å². The maximum absolute atomic E-state index is 12.9. The molecule has 0 aliphatic carbocycles. The molecular formula is C24H25F2N3O2. The van der Waals surface area contributed by atoms with Crippen LogP contribution in [0.2, 0.25) is 0 Å². The number of pyridine rings is 1. The van der Waals surface area contributed by atoms with Crippen molar-refractivity contribution in [1.29, 1.82) is 0 Å². The topological polar surface area (TPSA) is 65.0 Å². The van der Waals surface area contributed by atoms with Crippen molar-refractivity contribution < 1.29 is 18.3 Å². The predicted octanol–water partition coefficient (Wildman–Crippen LogP) is 5.19. The lowest BCUT2D eigenvalue weighted by Gasteiger charge is -2.13. The fraction of sp³-hybridized carbons (Fsp3) is 0.333. The molecule has 0 spiro atoms. The zero-order valence-electron chi connectivity index (χ0n) is 17.8. The number of rotatable bonds is 9. The van der Waals surface area contributed by atoms with Crippen LogP contribution >= 0.6 is 0 Å². The minimum atomic E-state index is -2.90. The lowest BCUT2D eigenvalue weighted by Crippen LogP contribution is -2.21. The van der Waals surface area contributed by atoms with E-state index in [4.69, 9.17) is 4.74 Å². The number of ketones is 1.